The highest BCUT2D eigenvalue weighted by Gasteiger charge is 2.18. The van der Waals surface area contributed by atoms with Crippen molar-refractivity contribution in [3.8, 4) is 0 Å². The second-order valence-electron chi connectivity index (χ2n) is 15.9. The molecule has 4 N–H and O–H groups in total. The van der Waals surface area contributed by atoms with Gasteiger partial charge >= 0.3 is 11.9 Å². The Morgan fingerprint density at radius 2 is 1.00 bits per heavy atom. The number of hydrogen-bond acceptors (Lipinski definition) is 6. The van der Waals surface area contributed by atoms with Crippen LogP contribution < -0.4 is 10.6 Å². The van der Waals surface area contributed by atoms with Crippen molar-refractivity contribution in [3.05, 3.63) is 36.5 Å². The first-order chi connectivity index (χ1) is 27.8. The molecule has 0 spiro atoms. The molecule has 9 heteroatoms. The third-order valence-electron chi connectivity index (χ3n) is 10.4. The predicted octanol–water partition coefficient (Wildman–Crippen LogP) is 11.8. The highest BCUT2D eigenvalue weighted by atomic mass is 16.5. The second-order valence-corrected chi connectivity index (χ2v) is 15.9. The molecule has 9 nitrogen and oxygen atoms in total. The van der Waals surface area contributed by atoms with Crippen LogP contribution in [0.1, 0.15) is 219 Å². The summed E-state index contributed by atoms with van der Waals surface area (Å²) in [5.41, 5.74) is 0. The van der Waals surface area contributed by atoms with Crippen LogP contribution in [-0.2, 0) is 23.9 Å². The van der Waals surface area contributed by atoms with Gasteiger partial charge in [-0.3, -0.25) is 14.4 Å². The Hall–Kier alpha value is -2.94. The third kappa shape index (κ3) is 39.7. The maximum Gasteiger partial charge on any atom is 0.328 e. The summed E-state index contributed by atoms with van der Waals surface area (Å²) in [6, 6.07) is -1.39. The van der Waals surface area contributed by atoms with Crippen molar-refractivity contribution in [1.82, 2.24) is 10.6 Å². The second kappa shape index (κ2) is 42.7. The molecule has 0 saturated heterocycles. The van der Waals surface area contributed by atoms with Crippen LogP contribution in [0.2, 0.25) is 0 Å². The fourth-order valence-electron chi connectivity index (χ4n) is 6.76. The molecule has 2 atom stereocenters. The lowest BCUT2D eigenvalue weighted by Gasteiger charge is -2.15. The zero-order valence-electron chi connectivity index (χ0n) is 36.6. The number of carbonyl (C=O) groups is 4. The summed E-state index contributed by atoms with van der Waals surface area (Å²) < 4.78 is 5.93. The molecule has 330 valence electrons. The first-order valence-corrected chi connectivity index (χ1v) is 23.4. The number of esters is 1. The topological polar surface area (TPSA) is 142 Å². The quantitative estimate of drug-likeness (QED) is 0.0273. The standard InChI is InChI=1S/C48H86N2O7/c1-3-5-7-9-11-13-15-16-17-18-19-20-21-23-25-27-32-36-40-47(54)57-43(37-33-29-26-24-22-14-12-10-8-6-4-2)38-34-30-28-31-35-39-45(52)49-41-46(53)50-44(42-51)48(55)56/h12,14,24,26,33,37,43-44,51H,3-11,13,15-23,25,27-32,34-36,38-42H2,1-2H3,(H,49,52)(H,50,53)(H,55,56)/b14-12-,26-24-,37-33-. The lowest BCUT2D eigenvalue weighted by atomic mass is 10.0. The molecule has 0 aliphatic heterocycles. The van der Waals surface area contributed by atoms with Gasteiger partial charge < -0.3 is 25.6 Å². The SMILES string of the molecule is CCCCC/C=C\C/C=C\C/C=C\C(CCCCCCCC(=O)NCC(=O)NC(CO)C(=O)O)OC(=O)CCCCCCCCCCCCCCCCCCCC. The van der Waals surface area contributed by atoms with Gasteiger partial charge in [0, 0.05) is 12.8 Å². The highest BCUT2D eigenvalue weighted by molar-refractivity contribution is 5.87. The molecular weight excluding hydrogens is 717 g/mol. The van der Waals surface area contributed by atoms with Gasteiger partial charge in [-0.1, -0.05) is 185 Å². The number of aliphatic carboxylic acids is 1. The molecule has 0 saturated carbocycles. The van der Waals surface area contributed by atoms with Gasteiger partial charge in [0.25, 0.3) is 0 Å². The molecule has 57 heavy (non-hydrogen) atoms. The van der Waals surface area contributed by atoms with Crippen LogP contribution in [0.25, 0.3) is 0 Å². The molecule has 0 radical (unpaired) electrons. The molecular formula is C48H86N2O7. The molecule has 0 aliphatic carbocycles. The summed E-state index contributed by atoms with van der Waals surface area (Å²) in [4.78, 5) is 47.6. The van der Waals surface area contributed by atoms with Gasteiger partial charge in [0.1, 0.15) is 12.1 Å². The normalized spacial score (nSPS) is 12.8. The van der Waals surface area contributed by atoms with E-state index in [2.05, 4.69) is 54.9 Å². The average molecular weight is 803 g/mol. The van der Waals surface area contributed by atoms with Crippen molar-refractivity contribution in [2.24, 2.45) is 0 Å². The van der Waals surface area contributed by atoms with Crippen molar-refractivity contribution < 1.29 is 34.1 Å². The van der Waals surface area contributed by atoms with Crippen LogP contribution in [0.15, 0.2) is 36.5 Å². The summed E-state index contributed by atoms with van der Waals surface area (Å²) in [7, 11) is 0. The lowest BCUT2D eigenvalue weighted by Crippen LogP contribution is -2.47. The van der Waals surface area contributed by atoms with Gasteiger partial charge in [0.05, 0.1) is 13.2 Å². The molecule has 0 bridgehead atoms. The van der Waals surface area contributed by atoms with E-state index in [1.54, 1.807) is 0 Å². The summed E-state index contributed by atoms with van der Waals surface area (Å²) >= 11 is 0. The molecule has 0 heterocycles. The fourth-order valence-corrected chi connectivity index (χ4v) is 6.76. The number of carbonyl (C=O) groups excluding carboxylic acids is 3. The third-order valence-corrected chi connectivity index (χ3v) is 10.4. The number of carboxylic acids is 1. The minimum absolute atomic E-state index is 0.112. The van der Waals surface area contributed by atoms with Crippen LogP contribution in [-0.4, -0.2) is 59.3 Å². The van der Waals surface area contributed by atoms with Gasteiger partial charge in [-0.25, -0.2) is 4.79 Å². The predicted molar refractivity (Wildman–Crippen MR) is 236 cm³/mol. The Morgan fingerprint density at radius 3 is 1.53 bits per heavy atom. The number of unbranched alkanes of at least 4 members (excludes halogenated alkanes) is 24. The zero-order chi connectivity index (χ0) is 41.9. The van der Waals surface area contributed by atoms with E-state index < -0.39 is 24.5 Å². The van der Waals surface area contributed by atoms with Crippen LogP contribution >= 0.6 is 0 Å². The molecule has 0 aromatic carbocycles. The van der Waals surface area contributed by atoms with E-state index in [1.807, 2.05) is 6.08 Å². The Morgan fingerprint density at radius 1 is 0.544 bits per heavy atom. The van der Waals surface area contributed by atoms with E-state index in [1.165, 1.54) is 122 Å². The fraction of sp³-hybridized carbons (Fsp3) is 0.792. The van der Waals surface area contributed by atoms with E-state index in [0.29, 0.717) is 12.8 Å². The van der Waals surface area contributed by atoms with Crippen molar-refractivity contribution >= 4 is 23.8 Å². The molecule has 0 rings (SSSR count). The summed E-state index contributed by atoms with van der Waals surface area (Å²) in [6.07, 6.45) is 49.1. The van der Waals surface area contributed by atoms with Crippen molar-refractivity contribution in [1.29, 1.82) is 0 Å². The Balaban J connectivity index is 4.31. The summed E-state index contributed by atoms with van der Waals surface area (Å²) in [5.74, 6) is -2.38. The Bertz CT molecular complexity index is 1060. The van der Waals surface area contributed by atoms with Gasteiger partial charge in [-0.15, -0.1) is 0 Å². The number of amides is 2. The molecule has 0 aromatic heterocycles. The smallest absolute Gasteiger partial charge is 0.328 e. The van der Waals surface area contributed by atoms with Gasteiger partial charge in [0.2, 0.25) is 11.8 Å². The van der Waals surface area contributed by atoms with Crippen LogP contribution in [0.4, 0.5) is 0 Å². The van der Waals surface area contributed by atoms with Crippen LogP contribution in [0, 0.1) is 0 Å². The minimum Gasteiger partial charge on any atom is -0.480 e. The monoisotopic (exact) mass is 803 g/mol. The number of aliphatic hydroxyl groups excluding tert-OH is 1. The highest BCUT2D eigenvalue weighted by Crippen LogP contribution is 2.16. The number of ether oxygens (including phenoxy) is 1. The van der Waals surface area contributed by atoms with Gasteiger partial charge in [0.15, 0.2) is 0 Å². The number of aliphatic hydroxyl groups is 1. The molecule has 2 amide bonds. The van der Waals surface area contributed by atoms with E-state index >= 15 is 0 Å². The Kier molecular flexibility index (Phi) is 40.5. The largest absolute Gasteiger partial charge is 0.480 e. The van der Waals surface area contributed by atoms with Gasteiger partial charge in [-0.05, 0) is 57.4 Å². The number of carboxylic acid groups (broad SMARTS) is 1. The summed E-state index contributed by atoms with van der Waals surface area (Å²) in [6.45, 7) is 3.45. The molecule has 0 fully saturated rings. The molecule has 2 unspecified atom stereocenters. The number of rotatable bonds is 42. The number of nitrogens with one attached hydrogen (secondary N) is 2. The average Bonchev–Trinajstić information content (AvgIpc) is 3.20. The van der Waals surface area contributed by atoms with E-state index in [9.17, 15) is 19.2 Å². The first-order valence-electron chi connectivity index (χ1n) is 23.4. The van der Waals surface area contributed by atoms with E-state index in [4.69, 9.17) is 14.9 Å². The number of hydrogen-bond donors (Lipinski definition) is 4. The maximum absolute atomic E-state index is 12.8. The molecule has 0 aromatic rings. The van der Waals surface area contributed by atoms with Crippen LogP contribution in [0.3, 0.4) is 0 Å². The minimum atomic E-state index is -1.39. The van der Waals surface area contributed by atoms with Crippen molar-refractivity contribution in [2.75, 3.05) is 13.2 Å². The van der Waals surface area contributed by atoms with Crippen LogP contribution in [0.5, 0.6) is 0 Å². The molecule has 0 aliphatic rings. The number of allylic oxidation sites excluding steroid dienone is 5. The van der Waals surface area contributed by atoms with Gasteiger partial charge in [-0.2, -0.15) is 0 Å². The maximum atomic E-state index is 12.8. The Labute approximate surface area is 348 Å². The zero-order valence-corrected chi connectivity index (χ0v) is 36.6. The summed E-state index contributed by atoms with van der Waals surface area (Å²) in [5, 5.41) is 22.6. The van der Waals surface area contributed by atoms with E-state index in [-0.39, 0.29) is 30.9 Å². The lowest BCUT2D eigenvalue weighted by molar-refractivity contribution is -0.147. The first kappa shape index (κ1) is 54.1. The van der Waals surface area contributed by atoms with Crippen molar-refractivity contribution in [3.63, 3.8) is 0 Å². The van der Waals surface area contributed by atoms with E-state index in [0.717, 1.165) is 64.2 Å². The van der Waals surface area contributed by atoms with Crippen molar-refractivity contribution in [2.45, 2.75) is 231 Å².